The van der Waals surface area contributed by atoms with Gasteiger partial charge in [0, 0.05) is 5.92 Å². The van der Waals surface area contributed by atoms with E-state index in [0.717, 1.165) is 27.8 Å². The highest BCUT2D eigenvalue weighted by molar-refractivity contribution is 6.24. The molecule has 1 saturated heterocycles. The van der Waals surface area contributed by atoms with Crippen LogP contribution in [0.25, 0.3) is 0 Å². The minimum Gasteiger partial charge on any atom is -0.392 e. The van der Waals surface area contributed by atoms with Crippen LogP contribution in [-0.2, 0) is 15.0 Å². The molecule has 2 amide bonds. The number of aliphatic hydroxyl groups excluding tert-OH is 1. The van der Waals surface area contributed by atoms with E-state index in [1.807, 2.05) is 67.6 Å². The minimum atomic E-state index is -0.948. The molecule has 4 heteroatoms. The number of hydrogen-bond donors (Lipinski definition) is 1. The zero-order valence-corrected chi connectivity index (χ0v) is 17.4. The van der Waals surface area contributed by atoms with Gasteiger partial charge in [-0.1, -0.05) is 66.7 Å². The third kappa shape index (κ3) is 2.04. The van der Waals surface area contributed by atoms with Crippen molar-refractivity contribution in [1.82, 2.24) is 0 Å². The first kappa shape index (κ1) is 18.5. The van der Waals surface area contributed by atoms with Crippen LogP contribution >= 0.6 is 0 Å². The van der Waals surface area contributed by atoms with Crippen molar-refractivity contribution in [3.05, 3.63) is 101 Å². The van der Waals surface area contributed by atoms with E-state index >= 15 is 0 Å². The molecular formula is C27H23NO3. The molecule has 4 nitrogen and oxygen atoms in total. The predicted molar refractivity (Wildman–Crippen MR) is 118 cm³/mol. The Kier molecular flexibility index (Phi) is 3.67. The molecule has 3 aromatic rings. The fourth-order valence-electron chi connectivity index (χ4n) is 6.59. The second-order valence-electron chi connectivity index (χ2n) is 9.00. The monoisotopic (exact) mass is 409 g/mol. The average molecular weight is 409 g/mol. The Morgan fingerprint density at radius 3 is 1.97 bits per heavy atom. The average Bonchev–Trinajstić information content (AvgIpc) is 3.05. The van der Waals surface area contributed by atoms with Crippen LogP contribution in [0, 0.1) is 18.8 Å². The quantitative estimate of drug-likeness (QED) is 0.653. The van der Waals surface area contributed by atoms with Crippen molar-refractivity contribution in [2.45, 2.75) is 31.3 Å². The van der Waals surface area contributed by atoms with Crippen LogP contribution in [0.15, 0.2) is 72.8 Å². The van der Waals surface area contributed by atoms with Crippen molar-refractivity contribution < 1.29 is 14.7 Å². The summed E-state index contributed by atoms with van der Waals surface area (Å²) in [5.41, 5.74) is 4.63. The number of carbonyl (C=O) groups excluding carboxylic acids is 2. The van der Waals surface area contributed by atoms with Crippen molar-refractivity contribution in [1.29, 1.82) is 0 Å². The summed E-state index contributed by atoms with van der Waals surface area (Å²) in [7, 11) is 0. The largest absolute Gasteiger partial charge is 0.392 e. The number of aryl methyl sites for hydroxylation is 1. The van der Waals surface area contributed by atoms with Crippen molar-refractivity contribution in [2.75, 3.05) is 4.90 Å². The van der Waals surface area contributed by atoms with Crippen LogP contribution in [-0.4, -0.2) is 23.0 Å². The van der Waals surface area contributed by atoms with Gasteiger partial charge in [-0.25, -0.2) is 4.90 Å². The van der Waals surface area contributed by atoms with E-state index in [1.54, 1.807) is 6.92 Å². The van der Waals surface area contributed by atoms with Crippen LogP contribution in [0.1, 0.15) is 40.7 Å². The molecule has 1 heterocycles. The lowest BCUT2D eigenvalue weighted by Gasteiger charge is -2.55. The van der Waals surface area contributed by atoms with E-state index < -0.39 is 23.4 Å². The number of nitrogens with zero attached hydrogens (tertiary/aromatic N) is 1. The maximum absolute atomic E-state index is 14.0. The van der Waals surface area contributed by atoms with E-state index in [-0.39, 0.29) is 17.7 Å². The molecule has 1 N–H and O–H groups in total. The summed E-state index contributed by atoms with van der Waals surface area (Å²) in [5, 5.41) is 11.3. The van der Waals surface area contributed by atoms with Crippen molar-refractivity contribution in [3.8, 4) is 0 Å². The Labute approximate surface area is 181 Å². The lowest BCUT2D eigenvalue weighted by Crippen LogP contribution is -2.58. The molecular weight excluding hydrogens is 386 g/mol. The molecule has 0 aromatic heterocycles. The molecule has 0 radical (unpaired) electrons. The van der Waals surface area contributed by atoms with Gasteiger partial charge >= 0.3 is 0 Å². The maximum Gasteiger partial charge on any atom is 0.239 e. The molecule has 0 spiro atoms. The molecule has 7 rings (SSSR count). The van der Waals surface area contributed by atoms with Crippen LogP contribution in [0.2, 0.25) is 0 Å². The van der Waals surface area contributed by atoms with Crippen LogP contribution < -0.4 is 4.90 Å². The molecule has 3 atom stereocenters. The number of anilines is 1. The predicted octanol–water partition coefficient (Wildman–Crippen LogP) is 3.93. The third-order valence-corrected chi connectivity index (χ3v) is 7.70. The standard InChI is InChI=1S/C27H23NO3/c1-15-9-3-8-14-21(15)28-25(30)23-22-17-10-4-6-12-19(17)27(16(2)29,24(23)26(28)31)20-13-7-5-11-18(20)22/h3-14,16,22-24,29H,1-2H3/t16-,22?,23-,24-,27?/m1/s1. The van der Waals surface area contributed by atoms with Crippen molar-refractivity contribution >= 4 is 17.5 Å². The summed E-state index contributed by atoms with van der Waals surface area (Å²) >= 11 is 0. The molecule has 2 bridgehead atoms. The van der Waals surface area contributed by atoms with Crippen molar-refractivity contribution in [3.63, 3.8) is 0 Å². The fourth-order valence-corrected chi connectivity index (χ4v) is 6.59. The van der Waals surface area contributed by atoms with Crippen molar-refractivity contribution in [2.24, 2.45) is 11.8 Å². The van der Waals surface area contributed by atoms with Gasteiger partial charge in [-0.2, -0.15) is 0 Å². The highest BCUT2D eigenvalue weighted by Gasteiger charge is 2.69. The SMILES string of the molecule is Cc1ccccc1N1C(=O)[C@@H]2C3c4ccccc4C([C@@H](C)O)(c4ccccc43)[C@H]2C1=O. The Morgan fingerprint density at radius 1 is 0.839 bits per heavy atom. The molecule has 31 heavy (non-hydrogen) atoms. The summed E-state index contributed by atoms with van der Waals surface area (Å²) in [5.74, 6) is -1.72. The van der Waals surface area contributed by atoms with E-state index in [2.05, 4.69) is 12.1 Å². The summed E-state index contributed by atoms with van der Waals surface area (Å²) in [6.07, 6.45) is -0.836. The van der Waals surface area contributed by atoms with Crippen LogP contribution in [0.3, 0.4) is 0 Å². The van der Waals surface area contributed by atoms with Crippen LogP contribution in [0.5, 0.6) is 0 Å². The zero-order valence-electron chi connectivity index (χ0n) is 17.4. The number of imide groups is 1. The summed E-state index contributed by atoms with van der Waals surface area (Å²) in [6.45, 7) is 3.67. The number of hydrogen-bond acceptors (Lipinski definition) is 3. The minimum absolute atomic E-state index is 0.164. The number of para-hydroxylation sites is 1. The molecule has 0 saturated carbocycles. The van der Waals surface area contributed by atoms with Gasteiger partial charge in [0.1, 0.15) is 0 Å². The van der Waals surface area contributed by atoms with E-state index in [1.165, 1.54) is 4.90 Å². The summed E-state index contributed by atoms with van der Waals surface area (Å²) < 4.78 is 0. The first-order chi connectivity index (χ1) is 15.0. The van der Waals surface area contributed by atoms with Gasteiger partial charge < -0.3 is 5.11 Å². The number of aliphatic hydroxyl groups is 1. The van der Waals surface area contributed by atoms with Gasteiger partial charge in [0.15, 0.2) is 0 Å². The Bertz CT molecular complexity index is 1210. The van der Waals surface area contributed by atoms with Crippen LogP contribution in [0.4, 0.5) is 5.69 Å². The van der Waals surface area contributed by atoms with E-state index in [4.69, 9.17) is 0 Å². The molecule has 154 valence electrons. The summed E-state index contributed by atoms with van der Waals surface area (Å²) in [6, 6.07) is 23.5. The van der Waals surface area contributed by atoms with Gasteiger partial charge in [-0.05, 0) is 47.7 Å². The normalized spacial score (nSPS) is 28.9. The first-order valence-corrected chi connectivity index (χ1v) is 10.8. The molecule has 3 aliphatic carbocycles. The molecule has 4 aliphatic rings. The second-order valence-corrected chi connectivity index (χ2v) is 9.00. The zero-order chi connectivity index (χ0) is 21.5. The second kappa shape index (κ2) is 6.14. The number of benzene rings is 3. The summed E-state index contributed by atoms with van der Waals surface area (Å²) in [4.78, 5) is 29.3. The van der Waals surface area contributed by atoms with Gasteiger partial charge in [0.2, 0.25) is 11.8 Å². The van der Waals surface area contributed by atoms with Gasteiger partial charge in [0.25, 0.3) is 0 Å². The fraction of sp³-hybridized carbons (Fsp3) is 0.259. The Balaban J connectivity index is 1.68. The number of amides is 2. The Morgan fingerprint density at radius 2 is 1.39 bits per heavy atom. The lowest BCUT2D eigenvalue weighted by atomic mass is 9.46. The third-order valence-electron chi connectivity index (χ3n) is 7.70. The lowest BCUT2D eigenvalue weighted by molar-refractivity contribution is -0.126. The first-order valence-electron chi connectivity index (χ1n) is 10.8. The smallest absolute Gasteiger partial charge is 0.239 e. The van der Waals surface area contributed by atoms with E-state index in [9.17, 15) is 14.7 Å². The topological polar surface area (TPSA) is 57.6 Å². The number of rotatable bonds is 2. The molecule has 1 fully saturated rings. The van der Waals surface area contributed by atoms with Gasteiger partial charge in [0.05, 0.1) is 29.0 Å². The highest BCUT2D eigenvalue weighted by atomic mass is 16.3. The molecule has 0 unspecified atom stereocenters. The van der Waals surface area contributed by atoms with Gasteiger partial charge in [-0.15, -0.1) is 0 Å². The van der Waals surface area contributed by atoms with Gasteiger partial charge in [-0.3, -0.25) is 9.59 Å². The maximum atomic E-state index is 14.0. The molecule has 3 aromatic carbocycles. The number of carbonyl (C=O) groups is 2. The Hall–Kier alpha value is -3.24. The molecule has 1 aliphatic heterocycles. The van der Waals surface area contributed by atoms with E-state index in [0.29, 0.717) is 5.69 Å². The highest BCUT2D eigenvalue weighted by Crippen LogP contribution is 2.65.